The number of hydrogen-bond acceptors (Lipinski definition) is 0. The molecule has 0 aromatic rings. The van der Waals surface area contributed by atoms with Gasteiger partial charge in [-0.3, -0.25) is 0 Å². The van der Waals surface area contributed by atoms with E-state index in [1.165, 1.54) is 0 Å². The second-order valence-corrected chi connectivity index (χ2v) is 0. The summed E-state index contributed by atoms with van der Waals surface area (Å²) in [6.45, 7) is 0. The Kier molecular flexibility index (Phi) is 280. The van der Waals surface area contributed by atoms with Crippen LogP contribution in [0.25, 0.3) is 0 Å². The normalized spacial score (nSPS) is 0. The van der Waals surface area contributed by atoms with Crippen LogP contribution in [0.2, 0.25) is 0 Å². The zero-order chi connectivity index (χ0) is 0. The molecule has 5 heteroatoms. The second-order valence-electron chi connectivity index (χ2n) is 0. The number of rotatable bonds is 0. The van der Waals surface area contributed by atoms with E-state index < -0.39 is 0 Å². The van der Waals surface area contributed by atoms with Gasteiger partial charge in [0.2, 0.25) is 0 Å². The van der Waals surface area contributed by atoms with E-state index in [9.17, 15) is 0 Å². The van der Waals surface area contributed by atoms with Crippen LogP contribution < -0.4 is 24.8 Å². The van der Waals surface area contributed by atoms with Crippen molar-refractivity contribution in [2.45, 2.75) is 0 Å². The first-order valence-electron chi connectivity index (χ1n) is 0. The fraction of sp³-hybridized carbons (Fsp3) is 0. The molecule has 0 nitrogen and oxygen atoms in total. The molecule has 0 aliphatic heterocycles. The van der Waals surface area contributed by atoms with Gasteiger partial charge < -0.3 is 24.8 Å². The third-order valence-corrected chi connectivity index (χ3v) is 0. The zero-order valence-corrected chi connectivity index (χ0v) is 8.45. The minimum atomic E-state index is 0. The van der Waals surface area contributed by atoms with Crippen LogP contribution in [0.5, 0.6) is 0 Å². The molecule has 0 spiro atoms. The summed E-state index contributed by atoms with van der Waals surface area (Å²) >= 11 is 0. The SMILES string of the molecule is [Cl-].[Cl-].[Ti+4].[Ti+4].[Ti+4]. The van der Waals surface area contributed by atoms with E-state index in [1.54, 1.807) is 0 Å². The maximum Gasteiger partial charge on any atom is 4.00 e. The maximum atomic E-state index is 0. The van der Waals surface area contributed by atoms with Crippen LogP contribution >= 0.6 is 0 Å². The van der Waals surface area contributed by atoms with Gasteiger partial charge in [0, 0.05) is 0 Å². The van der Waals surface area contributed by atoms with Gasteiger partial charge in [0.25, 0.3) is 0 Å². The van der Waals surface area contributed by atoms with Crippen molar-refractivity contribution in [3.05, 3.63) is 0 Å². The molecular formula is Cl2Ti3+10. The Labute approximate surface area is 88.7 Å². The average molecular weight is 215 g/mol. The second kappa shape index (κ2) is 29.7. The van der Waals surface area contributed by atoms with Crippen LogP contribution in [-0.4, -0.2) is 0 Å². The molecule has 0 aliphatic rings. The summed E-state index contributed by atoms with van der Waals surface area (Å²) in [5.74, 6) is 0. The van der Waals surface area contributed by atoms with Gasteiger partial charge in [-0.15, -0.1) is 0 Å². The Hall–Kier alpha value is 2.72. The van der Waals surface area contributed by atoms with Crippen LogP contribution in [0.3, 0.4) is 0 Å². The first kappa shape index (κ1) is 47.1. The molecule has 0 bridgehead atoms. The molecule has 0 atom stereocenters. The topological polar surface area (TPSA) is 0 Å². The van der Waals surface area contributed by atoms with Crippen LogP contribution in [0.1, 0.15) is 0 Å². The van der Waals surface area contributed by atoms with Crippen LogP contribution in [0.15, 0.2) is 0 Å². The monoisotopic (exact) mass is 214 g/mol. The van der Waals surface area contributed by atoms with Gasteiger partial charge in [0.1, 0.15) is 0 Å². The van der Waals surface area contributed by atoms with Crippen molar-refractivity contribution >= 4 is 0 Å². The molecule has 0 rings (SSSR count). The zero-order valence-electron chi connectivity index (χ0n) is 2.26. The Morgan fingerprint density at radius 2 is 0.400 bits per heavy atom. The third kappa shape index (κ3) is 20.2. The largest absolute Gasteiger partial charge is 4.00 e. The fourth-order valence-electron chi connectivity index (χ4n) is 0. The van der Waals surface area contributed by atoms with Crippen LogP contribution in [0, 0.1) is 0 Å². The van der Waals surface area contributed by atoms with Gasteiger partial charge >= 0.3 is 65.2 Å². The number of hydrogen-bond donors (Lipinski definition) is 0. The molecule has 0 unspecified atom stereocenters. The van der Waals surface area contributed by atoms with E-state index in [2.05, 4.69) is 0 Å². The molecule has 0 saturated heterocycles. The molecule has 0 aromatic heterocycles. The summed E-state index contributed by atoms with van der Waals surface area (Å²) in [4.78, 5) is 0. The molecule has 0 aliphatic carbocycles. The van der Waals surface area contributed by atoms with E-state index in [0.717, 1.165) is 0 Å². The van der Waals surface area contributed by atoms with Gasteiger partial charge in [-0.1, -0.05) is 0 Å². The van der Waals surface area contributed by atoms with Crippen molar-refractivity contribution in [3.63, 3.8) is 0 Å². The van der Waals surface area contributed by atoms with Crippen molar-refractivity contribution in [1.29, 1.82) is 0 Å². The van der Waals surface area contributed by atoms with Gasteiger partial charge in [-0.2, -0.15) is 0 Å². The molecule has 0 fully saturated rings. The third-order valence-electron chi connectivity index (χ3n) is 0. The van der Waals surface area contributed by atoms with Crippen molar-refractivity contribution < 1.29 is 90.0 Å². The van der Waals surface area contributed by atoms with E-state index in [1.807, 2.05) is 0 Å². The molecule has 0 heterocycles. The summed E-state index contributed by atoms with van der Waals surface area (Å²) in [5.41, 5.74) is 0. The molecule has 16 valence electrons. The fourth-order valence-corrected chi connectivity index (χ4v) is 0. The van der Waals surface area contributed by atoms with Crippen molar-refractivity contribution in [2.24, 2.45) is 0 Å². The minimum absolute atomic E-state index is 0. The molecule has 0 N–H and O–H groups in total. The van der Waals surface area contributed by atoms with Gasteiger partial charge in [0.15, 0.2) is 0 Å². The summed E-state index contributed by atoms with van der Waals surface area (Å²) in [7, 11) is 0. The number of halogens is 2. The maximum absolute atomic E-state index is 0. The smallest absolute Gasteiger partial charge is 1.00 e. The summed E-state index contributed by atoms with van der Waals surface area (Å²) in [6.07, 6.45) is 0. The Morgan fingerprint density at radius 3 is 0.400 bits per heavy atom. The molecule has 0 radical (unpaired) electrons. The average Bonchev–Trinajstić information content (AvgIpc) is 0. The quantitative estimate of drug-likeness (QED) is 0.352. The predicted molar refractivity (Wildman–Crippen MR) is 0 cm³/mol. The molecule has 5 heavy (non-hydrogen) atoms. The Morgan fingerprint density at radius 1 is 0.400 bits per heavy atom. The van der Waals surface area contributed by atoms with Crippen molar-refractivity contribution in [2.75, 3.05) is 0 Å². The first-order valence-corrected chi connectivity index (χ1v) is 0. The first-order chi connectivity index (χ1) is 0. The Bertz CT molecular complexity index is 4.85. The molecule has 0 amide bonds. The molecule has 0 aromatic carbocycles. The van der Waals surface area contributed by atoms with E-state index in [0.29, 0.717) is 0 Å². The molecule has 0 saturated carbocycles. The minimum Gasteiger partial charge on any atom is -1.00 e. The van der Waals surface area contributed by atoms with Gasteiger partial charge in [-0.05, 0) is 0 Å². The van der Waals surface area contributed by atoms with E-state index >= 15 is 0 Å². The van der Waals surface area contributed by atoms with E-state index in [4.69, 9.17) is 0 Å². The summed E-state index contributed by atoms with van der Waals surface area (Å²) < 4.78 is 0. The van der Waals surface area contributed by atoms with Crippen molar-refractivity contribution in [1.82, 2.24) is 0 Å². The van der Waals surface area contributed by atoms with E-state index in [-0.39, 0.29) is 90.0 Å². The van der Waals surface area contributed by atoms with Gasteiger partial charge in [0.05, 0.1) is 0 Å². The van der Waals surface area contributed by atoms with Crippen molar-refractivity contribution in [3.8, 4) is 0 Å². The summed E-state index contributed by atoms with van der Waals surface area (Å²) in [5, 5.41) is 0. The molecular weight excluding hydrogens is 215 g/mol. The predicted octanol–water partition coefficient (Wildman–Crippen LogP) is -6.00. The van der Waals surface area contributed by atoms with Gasteiger partial charge in [-0.25, -0.2) is 0 Å². The van der Waals surface area contributed by atoms with Crippen LogP contribution in [0.4, 0.5) is 0 Å². The summed E-state index contributed by atoms with van der Waals surface area (Å²) in [6, 6.07) is 0. The standard InChI is InChI=1S/2ClH.3Ti/h2*1H;;;/q;;3*+4/p-2. The Balaban J connectivity index is 0. The van der Waals surface area contributed by atoms with Crippen LogP contribution in [-0.2, 0) is 65.2 Å².